The highest BCUT2D eigenvalue weighted by Gasteiger charge is 2.31. The molecule has 1 aromatic heterocycles. The van der Waals surface area contributed by atoms with Gasteiger partial charge in [-0.15, -0.1) is 5.10 Å². The van der Waals surface area contributed by atoms with Gasteiger partial charge < -0.3 is 25.0 Å². The maximum absolute atomic E-state index is 12.9. The minimum Gasteiger partial charge on any atom is -0.394 e. The number of hydrogen-bond donors (Lipinski definition) is 2. The molecule has 37 heavy (non-hydrogen) atoms. The zero-order chi connectivity index (χ0) is 27.2. The van der Waals surface area contributed by atoms with Gasteiger partial charge in [0.05, 0.1) is 37.1 Å². The smallest absolute Gasteiger partial charge is 0.394 e. The van der Waals surface area contributed by atoms with E-state index in [4.69, 9.17) is 4.74 Å². The number of alkyl halides is 3. The third-order valence-electron chi connectivity index (χ3n) is 6.31. The molecule has 0 spiro atoms. The van der Waals surface area contributed by atoms with Crippen LogP contribution >= 0.6 is 0 Å². The average molecular weight is 527 g/mol. The van der Waals surface area contributed by atoms with Crippen molar-refractivity contribution in [2.45, 2.75) is 58.2 Å². The molecule has 0 saturated heterocycles. The molecule has 2 N–H and O–H groups in total. The van der Waals surface area contributed by atoms with Crippen molar-refractivity contribution in [3.8, 4) is 0 Å². The van der Waals surface area contributed by atoms with E-state index in [-0.39, 0.29) is 49.7 Å². The largest absolute Gasteiger partial charge is 0.416 e. The topological polar surface area (TPSA) is 113 Å². The number of carbonyl (C=O) groups is 2. The van der Waals surface area contributed by atoms with Crippen LogP contribution in [0.2, 0.25) is 0 Å². The number of halogens is 3. The molecule has 2 bridgehead atoms. The Balaban J connectivity index is 1.73. The van der Waals surface area contributed by atoms with Crippen LogP contribution in [0.1, 0.15) is 37.9 Å². The van der Waals surface area contributed by atoms with Gasteiger partial charge >= 0.3 is 12.2 Å². The number of hydrogen-bond acceptors (Lipinski definition) is 6. The Bertz CT molecular complexity index is 1050. The van der Waals surface area contributed by atoms with Crippen molar-refractivity contribution in [1.82, 2.24) is 24.8 Å². The first-order valence-corrected chi connectivity index (χ1v) is 12.1. The second-order valence-corrected chi connectivity index (χ2v) is 9.37. The number of aliphatic hydroxyl groups is 1. The lowest BCUT2D eigenvalue weighted by atomic mass is 10.0. The number of aromatic nitrogens is 3. The standard InChI is InChI=1S/C24H33F3N6O4/c1-16-11-33(17(2)14-34)22(35)5-4-10-32-12-20(29-30-32)15-37-21(16)13-31(3)23(36)28-19-8-6-18(7-9-19)24(25,26)27/h6-9,12,16-17,21,34H,4-5,10-11,13-15H2,1-3H3,(H,28,36)/t16-,17+,21+/m1/s1. The Morgan fingerprint density at radius 1 is 1.32 bits per heavy atom. The summed E-state index contributed by atoms with van der Waals surface area (Å²) in [7, 11) is 1.55. The van der Waals surface area contributed by atoms with Gasteiger partial charge in [-0.1, -0.05) is 12.1 Å². The van der Waals surface area contributed by atoms with Crippen LogP contribution in [-0.4, -0.2) is 80.7 Å². The van der Waals surface area contributed by atoms with Gasteiger partial charge in [0.1, 0.15) is 5.69 Å². The quantitative estimate of drug-likeness (QED) is 0.620. The predicted molar refractivity (Wildman–Crippen MR) is 128 cm³/mol. The third kappa shape index (κ3) is 7.89. The summed E-state index contributed by atoms with van der Waals surface area (Å²) in [6.45, 7) is 4.59. The van der Waals surface area contributed by atoms with Gasteiger partial charge in [-0.2, -0.15) is 13.2 Å². The fourth-order valence-electron chi connectivity index (χ4n) is 4.01. The Kier molecular flexibility index (Phi) is 9.49. The number of urea groups is 1. The van der Waals surface area contributed by atoms with Gasteiger partial charge in [-0.05, 0) is 37.6 Å². The Morgan fingerprint density at radius 2 is 2.03 bits per heavy atom. The maximum atomic E-state index is 12.9. The number of carbonyl (C=O) groups excluding carboxylic acids is 2. The van der Waals surface area contributed by atoms with Crippen LogP contribution in [0.15, 0.2) is 30.5 Å². The van der Waals surface area contributed by atoms with Gasteiger partial charge in [0.15, 0.2) is 0 Å². The Labute approximate surface area is 213 Å². The molecule has 13 heteroatoms. The lowest BCUT2D eigenvalue weighted by Gasteiger charge is -2.35. The highest BCUT2D eigenvalue weighted by molar-refractivity contribution is 5.89. The van der Waals surface area contributed by atoms with E-state index < -0.39 is 23.9 Å². The number of amides is 3. The fraction of sp³-hybridized carbons (Fsp3) is 0.583. The normalized spacial score (nSPS) is 20.4. The van der Waals surface area contributed by atoms with Crippen LogP contribution in [0, 0.1) is 5.92 Å². The third-order valence-corrected chi connectivity index (χ3v) is 6.31. The van der Waals surface area contributed by atoms with E-state index in [9.17, 15) is 27.9 Å². The summed E-state index contributed by atoms with van der Waals surface area (Å²) in [6, 6.07) is 3.26. The molecule has 1 aliphatic heterocycles. The summed E-state index contributed by atoms with van der Waals surface area (Å²) < 4.78 is 46.2. The first kappa shape index (κ1) is 28.4. The molecule has 10 nitrogen and oxygen atoms in total. The van der Waals surface area contributed by atoms with E-state index >= 15 is 0 Å². The predicted octanol–water partition coefficient (Wildman–Crippen LogP) is 2.99. The van der Waals surface area contributed by atoms with E-state index in [1.54, 1.807) is 29.7 Å². The zero-order valence-corrected chi connectivity index (χ0v) is 21.1. The number of nitrogens with one attached hydrogen (secondary N) is 1. The van der Waals surface area contributed by atoms with Crippen LogP contribution in [0.25, 0.3) is 0 Å². The molecule has 0 saturated carbocycles. The summed E-state index contributed by atoms with van der Waals surface area (Å²) >= 11 is 0. The maximum Gasteiger partial charge on any atom is 0.416 e. The van der Waals surface area contributed by atoms with Gasteiger partial charge in [-0.25, -0.2) is 4.79 Å². The molecule has 2 heterocycles. The Morgan fingerprint density at radius 3 is 2.68 bits per heavy atom. The van der Waals surface area contributed by atoms with Crippen LogP contribution < -0.4 is 5.32 Å². The molecule has 0 unspecified atom stereocenters. The SMILES string of the molecule is C[C@@H]1CN([C@@H](C)CO)C(=O)CCCn2cc(nn2)CO[C@H]1CN(C)C(=O)Nc1ccc(C(F)(F)F)cc1. The number of fused-ring (bicyclic) bond motifs is 2. The number of nitrogens with zero attached hydrogens (tertiary/aromatic N) is 5. The number of ether oxygens (including phenoxy) is 1. The molecular weight excluding hydrogens is 493 g/mol. The van der Waals surface area contributed by atoms with E-state index in [2.05, 4.69) is 15.6 Å². The molecule has 0 fully saturated rings. The number of benzene rings is 1. The fourth-order valence-corrected chi connectivity index (χ4v) is 4.01. The summed E-state index contributed by atoms with van der Waals surface area (Å²) in [5.74, 6) is -0.324. The number of aryl methyl sites for hydroxylation is 1. The monoisotopic (exact) mass is 526 g/mol. The molecule has 3 amide bonds. The Hall–Kier alpha value is -3.19. The van der Waals surface area contributed by atoms with Crippen LogP contribution in [-0.2, 0) is 28.9 Å². The van der Waals surface area contributed by atoms with Crippen LogP contribution in [0.5, 0.6) is 0 Å². The van der Waals surface area contributed by atoms with Crippen molar-refractivity contribution in [2.75, 3.05) is 32.1 Å². The minimum atomic E-state index is -4.46. The van der Waals surface area contributed by atoms with Crippen molar-refractivity contribution in [2.24, 2.45) is 5.92 Å². The van der Waals surface area contributed by atoms with Crippen LogP contribution in [0.4, 0.5) is 23.7 Å². The molecule has 3 atom stereocenters. The van der Waals surface area contributed by atoms with Crippen molar-refractivity contribution >= 4 is 17.6 Å². The molecule has 1 aromatic carbocycles. The van der Waals surface area contributed by atoms with Crippen molar-refractivity contribution in [1.29, 1.82) is 0 Å². The lowest BCUT2D eigenvalue weighted by molar-refractivity contribution is -0.137. The van der Waals surface area contributed by atoms with Gasteiger partial charge in [-0.3, -0.25) is 9.48 Å². The highest BCUT2D eigenvalue weighted by Crippen LogP contribution is 2.30. The highest BCUT2D eigenvalue weighted by atomic mass is 19.4. The van der Waals surface area contributed by atoms with Crippen molar-refractivity contribution in [3.05, 3.63) is 41.7 Å². The molecular formula is C24H33F3N6O4. The molecule has 0 radical (unpaired) electrons. The second kappa shape index (κ2) is 12.4. The first-order chi connectivity index (χ1) is 17.5. The first-order valence-electron chi connectivity index (χ1n) is 12.1. The minimum absolute atomic E-state index is 0.0971. The molecule has 0 aliphatic carbocycles. The van der Waals surface area contributed by atoms with Gasteiger partial charge in [0.2, 0.25) is 5.91 Å². The van der Waals surface area contributed by atoms with Crippen LogP contribution in [0.3, 0.4) is 0 Å². The van der Waals surface area contributed by atoms with E-state index in [0.29, 0.717) is 25.2 Å². The van der Waals surface area contributed by atoms with E-state index in [0.717, 1.165) is 12.1 Å². The van der Waals surface area contributed by atoms with Gasteiger partial charge in [0.25, 0.3) is 0 Å². The lowest BCUT2D eigenvalue weighted by Crippen LogP contribution is -2.48. The van der Waals surface area contributed by atoms with Gasteiger partial charge in [0, 0.05) is 44.7 Å². The van der Waals surface area contributed by atoms with Crippen molar-refractivity contribution < 1.29 is 32.6 Å². The summed E-state index contributed by atoms with van der Waals surface area (Å²) in [5.41, 5.74) is 0.0253. The molecule has 204 valence electrons. The van der Waals surface area contributed by atoms with E-state index in [1.807, 2.05) is 6.92 Å². The molecule has 2 aromatic rings. The summed E-state index contributed by atoms with van der Waals surface area (Å²) in [4.78, 5) is 28.7. The van der Waals surface area contributed by atoms with Crippen molar-refractivity contribution in [3.63, 3.8) is 0 Å². The number of rotatable bonds is 5. The average Bonchev–Trinajstić information content (AvgIpc) is 3.31. The summed E-state index contributed by atoms with van der Waals surface area (Å²) in [6.07, 6.45) is -2.38. The number of anilines is 1. The van der Waals surface area contributed by atoms with E-state index in [1.165, 1.54) is 17.0 Å². The number of aliphatic hydroxyl groups excluding tert-OH is 1. The molecule has 3 rings (SSSR count). The zero-order valence-electron chi connectivity index (χ0n) is 21.1. The number of likely N-dealkylation sites (N-methyl/N-ethyl adjacent to an activating group) is 1. The second-order valence-electron chi connectivity index (χ2n) is 9.37. The summed E-state index contributed by atoms with van der Waals surface area (Å²) in [5, 5.41) is 20.4. The molecule has 1 aliphatic rings.